The number of aromatic nitrogens is 2. The Bertz CT molecular complexity index is 506. The van der Waals surface area contributed by atoms with Crippen molar-refractivity contribution in [3.8, 4) is 0 Å². The van der Waals surface area contributed by atoms with Crippen LogP contribution in [-0.2, 0) is 6.42 Å². The second-order valence-corrected chi connectivity index (χ2v) is 4.14. The summed E-state index contributed by atoms with van der Waals surface area (Å²) in [4.78, 5) is 9.06. The first-order chi connectivity index (χ1) is 7.70. The normalized spacial score (nSPS) is 10.9. The summed E-state index contributed by atoms with van der Waals surface area (Å²) in [5.74, 6) is 0.902. The predicted octanol–water partition coefficient (Wildman–Crippen LogP) is 2.14. The van der Waals surface area contributed by atoms with E-state index < -0.39 is 0 Å². The zero-order chi connectivity index (χ0) is 11.5. The first-order valence-electron chi connectivity index (χ1n) is 5.64. The number of nitrogens with zero attached hydrogens (tertiary/aromatic N) is 2. The number of nitrogens with two attached hydrogens (primary N) is 1. The molecule has 0 saturated carbocycles. The SMILES string of the molecule is Cc1ccc2nc(CCCN)nc(C)c2c1. The molecule has 2 N–H and O–H groups in total. The Morgan fingerprint density at radius 1 is 1.19 bits per heavy atom. The molecule has 1 aromatic heterocycles. The van der Waals surface area contributed by atoms with Gasteiger partial charge >= 0.3 is 0 Å². The summed E-state index contributed by atoms with van der Waals surface area (Å²) in [7, 11) is 0. The predicted molar refractivity (Wildman–Crippen MR) is 66.4 cm³/mol. The van der Waals surface area contributed by atoms with Crippen LogP contribution in [0.25, 0.3) is 10.9 Å². The fourth-order valence-electron chi connectivity index (χ4n) is 1.83. The summed E-state index contributed by atoms with van der Waals surface area (Å²) in [6.07, 6.45) is 1.80. The zero-order valence-corrected chi connectivity index (χ0v) is 9.83. The van der Waals surface area contributed by atoms with Gasteiger partial charge in [0.15, 0.2) is 0 Å². The maximum Gasteiger partial charge on any atom is 0.129 e. The summed E-state index contributed by atoms with van der Waals surface area (Å²) >= 11 is 0. The van der Waals surface area contributed by atoms with E-state index in [1.54, 1.807) is 0 Å². The molecule has 84 valence electrons. The smallest absolute Gasteiger partial charge is 0.129 e. The molecule has 3 heteroatoms. The second-order valence-electron chi connectivity index (χ2n) is 4.14. The van der Waals surface area contributed by atoms with Crippen LogP contribution in [0.1, 0.15) is 23.5 Å². The minimum atomic E-state index is 0.689. The largest absolute Gasteiger partial charge is 0.330 e. The third kappa shape index (κ3) is 2.19. The van der Waals surface area contributed by atoms with Crippen molar-refractivity contribution < 1.29 is 0 Å². The van der Waals surface area contributed by atoms with Gasteiger partial charge in [0.05, 0.1) is 5.52 Å². The van der Waals surface area contributed by atoms with Gasteiger partial charge in [0.2, 0.25) is 0 Å². The van der Waals surface area contributed by atoms with Gasteiger partial charge in [-0.05, 0) is 38.9 Å². The summed E-state index contributed by atoms with van der Waals surface area (Å²) in [6.45, 7) is 4.81. The molecule has 0 aliphatic heterocycles. The fourth-order valence-corrected chi connectivity index (χ4v) is 1.83. The lowest BCUT2D eigenvalue weighted by atomic mass is 10.1. The molecule has 0 atom stereocenters. The monoisotopic (exact) mass is 215 g/mol. The van der Waals surface area contributed by atoms with Crippen LogP contribution >= 0.6 is 0 Å². The molecule has 0 fully saturated rings. The molecular weight excluding hydrogens is 198 g/mol. The van der Waals surface area contributed by atoms with Crippen molar-refractivity contribution in [2.45, 2.75) is 26.7 Å². The van der Waals surface area contributed by atoms with Gasteiger partial charge in [-0.1, -0.05) is 11.6 Å². The van der Waals surface area contributed by atoms with Crippen molar-refractivity contribution >= 4 is 10.9 Å². The Balaban J connectivity index is 2.46. The molecule has 0 saturated heterocycles. The Morgan fingerprint density at radius 2 is 2.00 bits per heavy atom. The molecule has 0 bridgehead atoms. The molecule has 0 radical (unpaired) electrons. The first-order valence-corrected chi connectivity index (χ1v) is 5.64. The first kappa shape index (κ1) is 11.0. The molecule has 0 aliphatic carbocycles. The standard InChI is InChI=1S/C13H17N3/c1-9-5-6-12-11(8-9)10(2)15-13(16-12)4-3-7-14/h5-6,8H,3-4,7,14H2,1-2H3. The van der Waals surface area contributed by atoms with Crippen molar-refractivity contribution in [3.05, 3.63) is 35.3 Å². The van der Waals surface area contributed by atoms with Gasteiger partial charge in [-0.2, -0.15) is 0 Å². The highest BCUT2D eigenvalue weighted by Crippen LogP contribution is 2.17. The second kappa shape index (κ2) is 4.58. The average molecular weight is 215 g/mol. The molecule has 0 amide bonds. The number of hydrogen-bond acceptors (Lipinski definition) is 3. The van der Waals surface area contributed by atoms with Crippen LogP contribution in [0.5, 0.6) is 0 Å². The maximum absolute atomic E-state index is 5.49. The third-order valence-corrected chi connectivity index (χ3v) is 2.69. The van der Waals surface area contributed by atoms with E-state index in [0.29, 0.717) is 6.54 Å². The quantitative estimate of drug-likeness (QED) is 0.853. The minimum Gasteiger partial charge on any atom is -0.330 e. The minimum absolute atomic E-state index is 0.689. The number of rotatable bonds is 3. The van der Waals surface area contributed by atoms with E-state index in [2.05, 4.69) is 35.1 Å². The molecule has 0 aliphatic rings. The Hall–Kier alpha value is -1.48. The molecule has 0 spiro atoms. The van der Waals surface area contributed by atoms with Gasteiger partial charge in [0, 0.05) is 17.5 Å². The Labute approximate surface area is 95.7 Å². The van der Waals surface area contributed by atoms with Crippen LogP contribution in [0.2, 0.25) is 0 Å². The Morgan fingerprint density at radius 3 is 2.75 bits per heavy atom. The lowest BCUT2D eigenvalue weighted by molar-refractivity contribution is 0.782. The molecule has 2 rings (SSSR count). The Kier molecular flexibility index (Phi) is 3.15. The number of fused-ring (bicyclic) bond motifs is 1. The topological polar surface area (TPSA) is 51.8 Å². The number of hydrogen-bond donors (Lipinski definition) is 1. The summed E-state index contributed by atoms with van der Waals surface area (Å²) in [6, 6.07) is 6.28. The average Bonchev–Trinajstić information content (AvgIpc) is 2.27. The van der Waals surface area contributed by atoms with E-state index in [4.69, 9.17) is 5.73 Å². The molecule has 1 heterocycles. The van der Waals surface area contributed by atoms with E-state index in [0.717, 1.165) is 35.3 Å². The molecule has 3 nitrogen and oxygen atoms in total. The molecule has 16 heavy (non-hydrogen) atoms. The molecule has 2 aromatic rings. The van der Waals surface area contributed by atoms with E-state index in [-0.39, 0.29) is 0 Å². The third-order valence-electron chi connectivity index (χ3n) is 2.69. The molecule has 0 unspecified atom stereocenters. The van der Waals surface area contributed by atoms with E-state index in [1.807, 2.05) is 6.92 Å². The van der Waals surface area contributed by atoms with Crippen LogP contribution in [0.3, 0.4) is 0 Å². The van der Waals surface area contributed by atoms with E-state index in [1.165, 1.54) is 5.56 Å². The van der Waals surface area contributed by atoms with Gasteiger partial charge in [-0.3, -0.25) is 0 Å². The highest BCUT2D eigenvalue weighted by atomic mass is 14.9. The fraction of sp³-hybridized carbons (Fsp3) is 0.385. The number of aryl methyl sites for hydroxylation is 3. The van der Waals surface area contributed by atoms with Crippen molar-refractivity contribution in [1.82, 2.24) is 9.97 Å². The van der Waals surface area contributed by atoms with Crippen LogP contribution in [0.15, 0.2) is 18.2 Å². The van der Waals surface area contributed by atoms with E-state index >= 15 is 0 Å². The van der Waals surface area contributed by atoms with E-state index in [9.17, 15) is 0 Å². The summed E-state index contributed by atoms with van der Waals surface area (Å²) in [5.41, 5.74) is 8.82. The lowest BCUT2D eigenvalue weighted by Gasteiger charge is -2.05. The van der Waals surface area contributed by atoms with Crippen LogP contribution in [0, 0.1) is 13.8 Å². The maximum atomic E-state index is 5.49. The summed E-state index contributed by atoms with van der Waals surface area (Å²) in [5, 5.41) is 1.15. The summed E-state index contributed by atoms with van der Waals surface area (Å²) < 4.78 is 0. The van der Waals surface area contributed by atoms with Gasteiger partial charge in [-0.15, -0.1) is 0 Å². The van der Waals surface area contributed by atoms with Gasteiger partial charge in [-0.25, -0.2) is 9.97 Å². The van der Waals surface area contributed by atoms with Crippen molar-refractivity contribution in [3.63, 3.8) is 0 Å². The molecule has 1 aromatic carbocycles. The molecular formula is C13H17N3. The van der Waals surface area contributed by atoms with Crippen LogP contribution in [-0.4, -0.2) is 16.5 Å². The van der Waals surface area contributed by atoms with Crippen LogP contribution in [0.4, 0.5) is 0 Å². The van der Waals surface area contributed by atoms with Gasteiger partial charge in [0.1, 0.15) is 5.82 Å². The van der Waals surface area contributed by atoms with Crippen molar-refractivity contribution in [2.75, 3.05) is 6.54 Å². The highest BCUT2D eigenvalue weighted by Gasteiger charge is 2.04. The van der Waals surface area contributed by atoms with Gasteiger partial charge < -0.3 is 5.73 Å². The number of benzene rings is 1. The van der Waals surface area contributed by atoms with Gasteiger partial charge in [0.25, 0.3) is 0 Å². The van der Waals surface area contributed by atoms with Crippen molar-refractivity contribution in [1.29, 1.82) is 0 Å². The lowest BCUT2D eigenvalue weighted by Crippen LogP contribution is -2.04. The highest BCUT2D eigenvalue weighted by molar-refractivity contribution is 5.81. The van der Waals surface area contributed by atoms with Crippen molar-refractivity contribution in [2.24, 2.45) is 5.73 Å². The zero-order valence-electron chi connectivity index (χ0n) is 9.83. The van der Waals surface area contributed by atoms with Crippen LogP contribution < -0.4 is 5.73 Å².